The van der Waals surface area contributed by atoms with Gasteiger partial charge in [-0.05, 0) is 68.1 Å². The molecular weight excluding hydrogens is 526 g/mol. The van der Waals surface area contributed by atoms with E-state index in [0.717, 1.165) is 9.87 Å². The molecule has 0 spiro atoms. The molecule has 0 aliphatic heterocycles. The molecule has 0 aliphatic rings. The third-order valence-corrected chi connectivity index (χ3v) is 8.17. The van der Waals surface area contributed by atoms with Crippen LogP contribution in [-0.2, 0) is 26.0 Å². The quantitative estimate of drug-likeness (QED) is 0.310. The second-order valence-corrected chi connectivity index (χ2v) is 11.8. The molecule has 0 aromatic heterocycles. The van der Waals surface area contributed by atoms with Crippen LogP contribution in [0.25, 0.3) is 0 Å². The average molecular weight is 566 g/mol. The Bertz CT molecular complexity index is 1330. The maximum absolute atomic E-state index is 13.9. The lowest BCUT2D eigenvalue weighted by Crippen LogP contribution is -2.52. The second-order valence-electron chi connectivity index (χ2n) is 9.89. The van der Waals surface area contributed by atoms with Gasteiger partial charge in [0.05, 0.1) is 17.2 Å². The van der Waals surface area contributed by atoms with Crippen molar-refractivity contribution >= 4 is 27.5 Å². The first-order valence-corrected chi connectivity index (χ1v) is 15.0. The summed E-state index contributed by atoms with van der Waals surface area (Å²) in [4.78, 5) is 28.5. The molecule has 9 heteroatoms. The summed E-state index contributed by atoms with van der Waals surface area (Å²) in [5.41, 5.74) is 1.33. The number of amides is 2. The Morgan fingerprint density at radius 2 is 1.48 bits per heavy atom. The Morgan fingerprint density at radius 1 is 0.875 bits per heavy atom. The predicted octanol–water partition coefficient (Wildman–Crippen LogP) is 4.51. The van der Waals surface area contributed by atoms with Crippen LogP contribution in [-0.4, -0.2) is 57.4 Å². The first-order chi connectivity index (χ1) is 19.1. The zero-order chi connectivity index (χ0) is 29.1. The van der Waals surface area contributed by atoms with Crippen LogP contribution in [0.1, 0.15) is 33.3 Å². The number of hydrogen-bond acceptors (Lipinski definition) is 5. The summed E-state index contributed by atoms with van der Waals surface area (Å²) < 4.78 is 34.2. The van der Waals surface area contributed by atoms with Crippen LogP contribution < -0.4 is 14.4 Å². The van der Waals surface area contributed by atoms with Crippen molar-refractivity contribution in [2.45, 2.75) is 45.1 Å². The molecule has 0 aliphatic carbocycles. The van der Waals surface area contributed by atoms with E-state index in [2.05, 4.69) is 5.32 Å². The third kappa shape index (κ3) is 8.32. The van der Waals surface area contributed by atoms with Gasteiger partial charge in [-0.25, -0.2) is 8.42 Å². The van der Waals surface area contributed by atoms with Gasteiger partial charge in [0.25, 0.3) is 10.0 Å². The molecule has 8 nitrogen and oxygen atoms in total. The molecule has 3 aromatic rings. The fourth-order valence-electron chi connectivity index (χ4n) is 4.15. The van der Waals surface area contributed by atoms with E-state index in [1.165, 1.54) is 17.0 Å². The number of nitrogens with zero attached hydrogens (tertiary/aromatic N) is 2. The van der Waals surface area contributed by atoms with Crippen molar-refractivity contribution in [1.29, 1.82) is 0 Å². The number of rotatable bonds is 14. The summed E-state index contributed by atoms with van der Waals surface area (Å²) in [6.45, 7) is 8.25. The lowest BCUT2D eigenvalue weighted by Gasteiger charge is -2.32. The Kier molecular flexibility index (Phi) is 11.1. The van der Waals surface area contributed by atoms with Gasteiger partial charge < -0.3 is 15.0 Å². The van der Waals surface area contributed by atoms with Gasteiger partial charge in [-0.3, -0.25) is 13.9 Å². The number of carbonyl (C=O) groups is 2. The molecule has 0 saturated heterocycles. The van der Waals surface area contributed by atoms with Gasteiger partial charge in [-0.15, -0.1) is 0 Å². The van der Waals surface area contributed by atoms with Gasteiger partial charge in [0.1, 0.15) is 18.3 Å². The van der Waals surface area contributed by atoms with Crippen molar-refractivity contribution in [3.63, 3.8) is 0 Å². The molecule has 3 aromatic carbocycles. The summed E-state index contributed by atoms with van der Waals surface area (Å²) in [5.74, 6) is 0.0792. The van der Waals surface area contributed by atoms with Crippen molar-refractivity contribution in [2.75, 3.05) is 30.5 Å². The molecule has 2 amide bonds. The van der Waals surface area contributed by atoms with Crippen molar-refractivity contribution in [3.05, 3.63) is 90.5 Å². The molecular formula is C31H39N3O5S. The lowest BCUT2D eigenvalue weighted by molar-refractivity contribution is -0.138. The molecule has 1 atom stereocenters. The standard InChI is InChI=1S/C31H39N3O5S/c1-5-39-28-18-16-27(17-19-28)34(40(37,38)29-14-10-7-11-15-29)23-30(35)33(21-20-26-12-8-6-9-13-26)25(4)31(36)32-22-24(2)3/h6-19,24-25H,5,20-23H2,1-4H3,(H,32,36). The smallest absolute Gasteiger partial charge is 0.264 e. The monoisotopic (exact) mass is 565 g/mol. The molecule has 40 heavy (non-hydrogen) atoms. The number of carbonyl (C=O) groups excluding carboxylic acids is 2. The predicted molar refractivity (Wildman–Crippen MR) is 158 cm³/mol. The molecule has 0 radical (unpaired) electrons. The van der Waals surface area contributed by atoms with E-state index in [0.29, 0.717) is 31.0 Å². The van der Waals surface area contributed by atoms with Crippen LogP contribution in [0.15, 0.2) is 89.8 Å². The number of sulfonamides is 1. The summed E-state index contributed by atoms with van der Waals surface area (Å²) in [7, 11) is -4.10. The van der Waals surface area contributed by atoms with Gasteiger partial charge in [0.2, 0.25) is 11.8 Å². The van der Waals surface area contributed by atoms with Crippen LogP contribution in [0.3, 0.4) is 0 Å². The second kappa shape index (κ2) is 14.5. The van der Waals surface area contributed by atoms with Gasteiger partial charge in [-0.2, -0.15) is 0 Å². The largest absolute Gasteiger partial charge is 0.494 e. The summed E-state index contributed by atoms with van der Waals surface area (Å²) in [5, 5.41) is 2.90. The summed E-state index contributed by atoms with van der Waals surface area (Å²) >= 11 is 0. The topological polar surface area (TPSA) is 96.0 Å². The molecule has 1 N–H and O–H groups in total. The normalized spacial score (nSPS) is 12.0. The van der Waals surface area contributed by atoms with Crippen molar-refractivity contribution in [1.82, 2.24) is 10.2 Å². The summed E-state index contributed by atoms with van der Waals surface area (Å²) in [6, 6.07) is 23.4. The highest BCUT2D eigenvalue weighted by Gasteiger charge is 2.32. The highest BCUT2D eigenvalue weighted by molar-refractivity contribution is 7.92. The zero-order valence-corrected chi connectivity index (χ0v) is 24.4. The van der Waals surface area contributed by atoms with E-state index in [4.69, 9.17) is 4.74 Å². The molecule has 0 fully saturated rings. The SMILES string of the molecule is CCOc1ccc(N(CC(=O)N(CCc2ccccc2)C(C)C(=O)NCC(C)C)S(=O)(=O)c2ccccc2)cc1. The number of anilines is 1. The Labute approximate surface area is 238 Å². The van der Waals surface area contributed by atoms with Crippen LogP contribution in [0.2, 0.25) is 0 Å². The third-order valence-electron chi connectivity index (χ3n) is 6.38. The van der Waals surface area contributed by atoms with Crippen molar-refractivity contribution < 1.29 is 22.7 Å². The molecule has 214 valence electrons. The van der Waals surface area contributed by atoms with Crippen LogP contribution in [0.5, 0.6) is 5.75 Å². The number of benzene rings is 3. The zero-order valence-electron chi connectivity index (χ0n) is 23.6. The fourth-order valence-corrected chi connectivity index (χ4v) is 5.58. The van der Waals surface area contributed by atoms with E-state index in [-0.39, 0.29) is 23.3 Å². The van der Waals surface area contributed by atoms with Gasteiger partial charge >= 0.3 is 0 Å². The highest BCUT2D eigenvalue weighted by atomic mass is 32.2. The molecule has 0 bridgehead atoms. The Morgan fingerprint density at radius 3 is 2.05 bits per heavy atom. The molecule has 0 saturated carbocycles. The maximum atomic E-state index is 13.9. The average Bonchev–Trinajstić information content (AvgIpc) is 2.96. The van der Waals surface area contributed by atoms with E-state index in [9.17, 15) is 18.0 Å². The van der Waals surface area contributed by atoms with Crippen LogP contribution in [0, 0.1) is 5.92 Å². The van der Waals surface area contributed by atoms with Gasteiger partial charge in [0.15, 0.2) is 0 Å². The highest BCUT2D eigenvalue weighted by Crippen LogP contribution is 2.26. The molecule has 3 rings (SSSR count). The Balaban J connectivity index is 1.95. The summed E-state index contributed by atoms with van der Waals surface area (Å²) in [6.07, 6.45) is 0.517. The first-order valence-electron chi connectivity index (χ1n) is 13.5. The minimum Gasteiger partial charge on any atom is -0.494 e. The van der Waals surface area contributed by atoms with Crippen molar-refractivity contribution in [2.24, 2.45) is 5.92 Å². The van der Waals surface area contributed by atoms with Gasteiger partial charge in [-0.1, -0.05) is 62.4 Å². The number of ether oxygens (including phenoxy) is 1. The van der Waals surface area contributed by atoms with Crippen molar-refractivity contribution in [3.8, 4) is 5.75 Å². The van der Waals surface area contributed by atoms with Crippen LogP contribution >= 0.6 is 0 Å². The first kappa shape index (κ1) is 30.7. The minimum atomic E-state index is -4.10. The fraction of sp³-hybridized carbons (Fsp3) is 0.355. The number of hydrogen-bond donors (Lipinski definition) is 1. The van der Waals surface area contributed by atoms with E-state index in [1.54, 1.807) is 49.4 Å². The van der Waals surface area contributed by atoms with Gasteiger partial charge in [0, 0.05) is 13.1 Å². The Hall–Kier alpha value is -3.85. The maximum Gasteiger partial charge on any atom is 0.264 e. The van der Waals surface area contributed by atoms with Crippen LogP contribution in [0.4, 0.5) is 5.69 Å². The molecule has 1 unspecified atom stereocenters. The molecule has 0 heterocycles. The van der Waals surface area contributed by atoms with E-state index >= 15 is 0 Å². The number of nitrogens with one attached hydrogen (secondary N) is 1. The van der Waals surface area contributed by atoms with E-state index < -0.39 is 28.5 Å². The lowest BCUT2D eigenvalue weighted by atomic mass is 10.1. The minimum absolute atomic E-state index is 0.0650. The van der Waals surface area contributed by atoms with E-state index in [1.807, 2.05) is 51.1 Å².